The van der Waals surface area contributed by atoms with E-state index in [-0.39, 0.29) is 11.6 Å². The Morgan fingerprint density at radius 1 is 1.44 bits per heavy atom. The van der Waals surface area contributed by atoms with Crippen molar-refractivity contribution in [2.24, 2.45) is 5.73 Å². The number of rotatable bonds is 4. The van der Waals surface area contributed by atoms with Crippen LogP contribution in [0.2, 0.25) is 5.02 Å². The second-order valence-corrected chi connectivity index (χ2v) is 5.07. The lowest BCUT2D eigenvalue weighted by Crippen LogP contribution is -2.49. The van der Waals surface area contributed by atoms with Gasteiger partial charge in [-0.2, -0.15) is 0 Å². The highest BCUT2D eigenvalue weighted by Gasteiger charge is 2.33. The van der Waals surface area contributed by atoms with E-state index in [0.29, 0.717) is 0 Å². The van der Waals surface area contributed by atoms with Crippen LogP contribution < -0.4 is 5.73 Å². The average molecular weight is 241 g/mol. The highest BCUT2D eigenvalue weighted by Crippen LogP contribution is 2.31. The lowest BCUT2D eigenvalue weighted by atomic mass is 9.84. The first-order valence-corrected chi connectivity index (χ1v) is 5.98. The summed E-state index contributed by atoms with van der Waals surface area (Å²) in [5, 5.41) is 0.741. The minimum absolute atomic E-state index is 0.0359. The van der Waals surface area contributed by atoms with Crippen molar-refractivity contribution in [2.45, 2.75) is 31.8 Å². The van der Waals surface area contributed by atoms with Crippen molar-refractivity contribution in [3.63, 3.8) is 0 Å². The molecule has 0 spiro atoms. The molecule has 0 saturated carbocycles. The molecule has 2 unspecified atom stereocenters. The Hall–Kier alpha value is -0.570. The molecule has 0 saturated heterocycles. The molecule has 0 heterocycles. The molecule has 0 aliphatic rings. The summed E-state index contributed by atoms with van der Waals surface area (Å²) >= 11 is 5.99. The number of likely N-dealkylation sites (N-methyl/N-ethyl adjacent to an activating group) is 1. The first-order chi connectivity index (χ1) is 7.41. The Kier molecular flexibility index (Phi) is 4.36. The van der Waals surface area contributed by atoms with Gasteiger partial charge in [0.05, 0.1) is 0 Å². The van der Waals surface area contributed by atoms with Crippen LogP contribution in [0.3, 0.4) is 0 Å². The van der Waals surface area contributed by atoms with E-state index in [1.165, 1.54) is 0 Å². The molecule has 3 heteroatoms. The van der Waals surface area contributed by atoms with Crippen molar-refractivity contribution in [3.05, 3.63) is 34.9 Å². The third-order valence-corrected chi connectivity index (χ3v) is 3.85. The van der Waals surface area contributed by atoms with E-state index in [2.05, 4.69) is 32.8 Å². The number of nitrogens with zero attached hydrogens (tertiary/aromatic N) is 1. The highest BCUT2D eigenvalue weighted by molar-refractivity contribution is 6.30. The molecule has 0 amide bonds. The second-order valence-electron chi connectivity index (χ2n) is 4.64. The predicted octanol–water partition coefficient (Wildman–Crippen LogP) is 3.07. The van der Waals surface area contributed by atoms with E-state index >= 15 is 0 Å². The molecule has 0 fully saturated rings. The van der Waals surface area contributed by atoms with Gasteiger partial charge in [-0.25, -0.2) is 0 Å². The second kappa shape index (κ2) is 5.17. The minimum atomic E-state index is -0.0509. The molecule has 0 bridgehead atoms. The van der Waals surface area contributed by atoms with E-state index in [0.717, 1.165) is 17.0 Å². The smallest absolute Gasteiger partial charge is 0.0479 e. The van der Waals surface area contributed by atoms with E-state index in [4.69, 9.17) is 17.3 Å². The first-order valence-electron chi connectivity index (χ1n) is 5.60. The van der Waals surface area contributed by atoms with Crippen LogP contribution in [0.25, 0.3) is 0 Å². The summed E-state index contributed by atoms with van der Waals surface area (Å²) < 4.78 is 0. The van der Waals surface area contributed by atoms with Crippen LogP contribution >= 0.6 is 11.6 Å². The van der Waals surface area contributed by atoms with Gasteiger partial charge in [0.2, 0.25) is 0 Å². The van der Waals surface area contributed by atoms with Gasteiger partial charge in [-0.15, -0.1) is 0 Å². The summed E-state index contributed by atoms with van der Waals surface area (Å²) in [6.45, 7) is 4.34. The van der Waals surface area contributed by atoms with Gasteiger partial charge in [-0.05, 0) is 45.1 Å². The summed E-state index contributed by atoms with van der Waals surface area (Å²) in [4.78, 5) is 2.18. The fraction of sp³-hybridized carbons (Fsp3) is 0.538. The number of benzene rings is 1. The van der Waals surface area contributed by atoms with Crippen LogP contribution in [0.5, 0.6) is 0 Å². The largest absolute Gasteiger partial charge is 0.322 e. The molecule has 1 rings (SSSR count). The Labute approximate surface area is 103 Å². The third-order valence-electron chi connectivity index (χ3n) is 3.62. The van der Waals surface area contributed by atoms with E-state index in [9.17, 15) is 0 Å². The minimum Gasteiger partial charge on any atom is -0.322 e. The van der Waals surface area contributed by atoms with Crippen molar-refractivity contribution in [2.75, 3.05) is 14.1 Å². The molecule has 2 N–H and O–H groups in total. The third kappa shape index (κ3) is 2.57. The Bertz CT molecular complexity index is 352. The Balaban J connectivity index is 3.04. The monoisotopic (exact) mass is 240 g/mol. The van der Waals surface area contributed by atoms with Crippen LogP contribution in [0.4, 0.5) is 0 Å². The SMILES string of the molecule is CCC(C)(C(N)c1cccc(Cl)c1)N(C)C. The molecule has 0 radical (unpaired) electrons. The molecule has 90 valence electrons. The van der Waals surface area contributed by atoms with Crippen molar-refractivity contribution in [1.82, 2.24) is 4.90 Å². The number of nitrogens with two attached hydrogens (primary N) is 1. The zero-order valence-corrected chi connectivity index (χ0v) is 11.3. The maximum Gasteiger partial charge on any atom is 0.0479 e. The molecule has 2 atom stereocenters. The van der Waals surface area contributed by atoms with Crippen molar-refractivity contribution in [3.8, 4) is 0 Å². The summed E-state index contributed by atoms with van der Waals surface area (Å²) in [7, 11) is 4.13. The first kappa shape index (κ1) is 13.5. The van der Waals surface area contributed by atoms with Crippen molar-refractivity contribution >= 4 is 11.6 Å². The molecule has 2 nitrogen and oxygen atoms in total. The van der Waals surface area contributed by atoms with Crippen molar-refractivity contribution in [1.29, 1.82) is 0 Å². The highest BCUT2D eigenvalue weighted by atomic mass is 35.5. The Morgan fingerprint density at radius 2 is 2.06 bits per heavy atom. The number of halogens is 1. The molecular formula is C13H21ClN2. The molecule has 0 aliphatic carbocycles. The predicted molar refractivity (Wildman–Crippen MR) is 70.8 cm³/mol. The lowest BCUT2D eigenvalue weighted by molar-refractivity contribution is 0.132. The molecular weight excluding hydrogens is 220 g/mol. The average Bonchev–Trinajstić information content (AvgIpc) is 2.26. The maximum absolute atomic E-state index is 6.35. The van der Waals surface area contributed by atoms with Gasteiger partial charge >= 0.3 is 0 Å². The topological polar surface area (TPSA) is 29.3 Å². The van der Waals surface area contributed by atoms with Crippen molar-refractivity contribution < 1.29 is 0 Å². The molecule has 16 heavy (non-hydrogen) atoms. The van der Waals surface area contributed by atoms with E-state index < -0.39 is 0 Å². The van der Waals surface area contributed by atoms with Crippen LogP contribution in [-0.4, -0.2) is 24.5 Å². The van der Waals surface area contributed by atoms with Gasteiger partial charge in [0.15, 0.2) is 0 Å². The van der Waals surface area contributed by atoms with E-state index in [1.54, 1.807) is 0 Å². The lowest BCUT2D eigenvalue weighted by Gasteiger charge is -2.41. The molecule has 1 aromatic carbocycles. The number of hydrogen-bond donors (Lipinski definition) is 1. The normalized spacial score (nSPS) is 17.2. The summed E-state index contributed by atoms with van der Waals surface area (Å²) in [6.07, 6.45) is 0.994. The zero-order chi connectivity index (χ0) is 12.3. The summed E-state index contributed by atoms with van der Waals surface area (Å²) in [5.41, 5.74) is 7.39. The molecule has 1 aromatic rings. The van der Waals surface area contributed by atoms with Gasteiger partial charge in [0.25, 0.3) is 0 Å². The van der Waals surface area contributed by atoms with Gasteiger partial charge in [0, 0.05) is 16.6 Å². The van der Waals surface area contributed by atoms with Gasteiger partial charge < -0.3 is 10.6 Å². The Morgan fingerprint density at radius 3 is 2.50 bits per heavy atom. The fourth-order valence-corrected chi connectivity index (χ4v) is 2.07. The number of hydrogen-bond acceptors (Lipinski definition) is 2. The summed E-state index contributed by atoms with van der Waals surface area (Å²) in [5.74, 6) is 0. The van der Waals surface area contributed by atoms with Gasteiger partial charge in [-0.1, -0.05) is 30.7 Å². The van der Waals surface area contributed by atoms with Crippen LogP contribution in [0, 0.1) is 0 Å². The quantitative estimate of drug-likeness (QED) is 0.877. The van der Waals surface area contributed by atoms with Gasteiger partial charge in [0.1, 0.15) is 0 Å². The van der Waals surface area contributed by atoms with Gasteiger partial charge in [-0.3, -0.25) is 0 Å². The fourth-order valence-electron chi connectivity index (χ4n) is 1.87. The van der Waals surface area contributed by atoms with Crippen LogP contribution in [0.15, 0.2) is 24.3 Å². The van der Waals surface area contributed by atoms with Crippen LogP contribution in [0.1, 0.15) is 31.9 Å². The van der Waals surface area contributed by atoms with Crippen LogP contribution in [-0.2, 0) is 0 Å². The molecule has 0 aliphatic heterocycles. The molecule has 0 aromatic heterocycles. The summed E-state index contributed by atoms with van der Waals surface area (Å²) in [6, 6.07) is 7.77. The standard InChI is InChI=1S/C13H21ClN2/c1-5-13(2,16(3)4)12(15)10-7-6-8-11(14)9-10/h6-9,12H,5,15H2,1-4H3. The zero-order valence-electron chi connectivity index (χ0n) is 10.5. The maximum atomic E-state index is 6.35. The van der Waals surface area contributed by atoms with E-state index in [1.807, 2.05) is 24.3 Å².